The van der Waals surface area contributed by atoms with Crippen molar-refractivity contribution in [2.75, 3.05) is 102 Å². The summed E-state index contributed by atoms with van der Waals surface area (Å²) < 4.78 is 16.3. The first-order valence-electron chi connectivity index (χ1n) is 17.7. The molecule has 3 unspecified atom stereocenters. The van der Waals surface area contributed by atoms with Crippen LogP contribution in [0.2, 0.25) is 15.5 Å². The van der Waals surface area contributed by atoms with E-state index in [1.54, 1.807) is 28.0 Å². The number of hydrogen-bond donors (Lipinski definition) is 1. The van der Waals surface area contributed by atoms with E-state index in [9.17, 15) is 14.4 Å². The highest BCUT2D eigenvalue weighted by atomic mass is 35.5. The first-order chi connectivity index (χ1) is 26.1. The molecule has 3 saturated heterocycles. The lowest BCUT2D eigenvalue weighted by Crippen LogP contribution is -2.68. The zero-order valence-electron chi connectivity index (χ0n) is 29.9. The highest BCUT2D eigenvalue weighted by Gasteiger charge is 2.52. The van der Waals surface area contributed by atoms with Gasteiger partial charge in [0.15, 0.2) is 32.9 Å². The second-order valence-corrected chi connectivity index (χ2v) is 14.1. The SMILES string of the molecule is CCN1C(=O)C2(CC)COCCN2c2cc(Cl)nnc21.CCN1C(=O)C2COCCN2c2cc(Cl)nnc21.O=C1Nc2nnc(Cl)cc2N2CCOCC12. The molecule has 0 radical (unpaired) electrons. The first-order valence-corrected chi connectivity index (χ1v) is 18.8. The van der Waals surface area contributed by atoms with Crippen LogP contribution in [-0.2, 0) is 28.6 Å². The number of rotatable bonds is 3. The minimum Gasteiger partial charge on any atom is -0.377 e. The lowest BCUT2D eigenvalue weighted by Gasteiger charge is -2.51. The van der Waals surface area contributed by atoms with Gasteiger partial charge < -0.3 is 34.2 Å². The maximum atomic E-state index is 12.9. The summed E-state index contributed by atoms with van der Waals surface area (Å²) in [5, 5.41) is 27.1. The second-order valence-electron chi connectivity index (χ2n) is 12.9. The van der Waals surface area contributed by atoms with Gasteiger partial charge in [0.25, 0.3) is 17.7 Å². The van der Waals surface area contributed by atoms with Crippen molar-refractivity contribution < 1.29 is 28.6 Å². The monoisotopic (exact) mass is 804 g/mol. The number of nitrogens with zero attached hydrogens (tertiary/aromatic N) is 11. The minimum atomic E-state index is -0.645. The van der Waals surface area contributed by atoms with Crippen LogP contribution in [0.1, 0.15) is 27.2 Å². The molecule has 6 aliphatic heterocycles. The molecular formula is C33H39Cl3N12O6. The van der Waals surface area contributed by atoms with Gasteiger partial charge in [-0.15, -0.1) is 30.6 Å². The van der Waals surface area contributed by atoms with E-state index in [2.05, 4.69) is 40.8 Å². The van der Waals surface area contributed by atoms with Crippen LogP contribution in [0.3, 0.4) is 0 Å². The molecule has 0 bridgehead atoms. The molecule has 0 saturated carbocycles. The topological polar surface area (TPSA) is 184 Å². The van der Waals surface area contributed by atoms with Gasteiger partial charge in [-0.3, -0.25) is 24.2 Å². The third kappa shape index (κ3) is 6.83. The summed E-state index contributed by atoms with van der Waals surface area (Å²) in [6, 6.07) is 4.70. The Morgan fingerprint density at radius 1 is 0.704 bits per heavy atom. The van der Waals surface area contributed by atoms with Gasteiger partial charge in [0.1, 0.15) is 17.6 Å². The molecule has 21 heteroatoms. The fourth-order valence-corrected chi connectivity index (χ4v) is 7.89. The van der Waals surface area contributed by atoms with Crippen LogP contribution < -0.4 is 29.8 Å². The average Bonchev–Trinajstić information content (AvgIpc) is 3.20. The van der Waals surface area contributed by atoms with Gasteiger partial charge in [-0.1, -0.05) is 41.7 Å². The Labute approximate surface area is 325 Å². The molecule has 3 atom stereocenters. The molecule has 0 spiro atoms. The van der Waals surface area contributed by atoms with E-state index < -0.39 is 5.54 Å². The smallest absolute Gasteiger partial charge is 0.256 e. The van der Waals surface area contributed by atoms with Crippen molar-refractivity contribution in [1.29, 1.82) is 0 Å². The Kier molecular flexibility index (Phi) is 11.2. The Bertz CT molecular complexity index is 1930. The van der Waals surface area contributed by atoms with Crippen molar-refractivity contribution in [1.82, 2.24) is 30.6 Å². The zero-order chi connectivity index (χ0) is 38.1. The summed E-state index contributed by atoms with van der Waals surface area (Å²) >= 11 is 17.7. The van der Waals surface area contributed by atoms with E-state index in [-0.39, 0.29) is 29.8 Å². The van der Waals surface area contributed by atoms with Gasteiger partial charge in [-0.2, -0.15) is 0 Å². The number of amides is 3. The van der Waals surface area contributed by atoms with E-state index in [0.717, 1.165) is 17.1 Å². The molecule has 3 aromatic heterocycles. The molecule has 54 heavy (non-hydrogen) atoms. The summed E-state index contributed by atoms with van der Waals surface area (Å²) in [5.74, 6) is 1.59. The van der Waals surface area contributed by atoms with E-state index in [4.69, 9.17) is 49.0 Å². The van der Waals surface area contributed by atoms with Crippen LogP contribution in [0.4, 0.5) is 34.5 Å². The molecule has 0 aromatic carbocycles. The number of fused-ring (bicyclic) bond motifs is 9. The minimum absolute atomic E-state index is 0.0151. The summed E-state index contributed by atoms with van der Waals surface area (Å²) in [6.45, 7) is 12.0. The number of carbonyl (C=O) groups excluding carboxylic acids is 3. The van der Waals surface area contributed by atoms with Crippen LogP contribution >= 0.6 is 34.8 Å². The van der Waals surface area contributed by atoms with Crippen LogP contribution in [-0.4, -0.2) is 138 Å². The molecule has 1 N–H and O–H groups in total. The summed E-state index contributed by atoms with van der Waals surface area (Å²) in [5.41, 5.74) is 1.91. The number of halogens is 3. The Hall–Kier alpha value is -4.20. The molecule has 3 amide bonds. The van der Waals surface area contributed by atoms with Crippen LogP contribution in [0.5, 0.6) is 0 Å². The molecule has 3 fully saturated rings. The number of morpholine rings is 3. The average molecular weight is 806 g/mol. The molecule has 0 aliphatic carbocycles. The molecule has 6 aliphatic rings. The van der Waals surface area contributed by atoms with Gasteiger partial charge in [0, 0.05) is 50.9 Å². The van der Waals surface area contributed by atoms with Crippen LogP contribution in [0, 0.1) is 0 Å². The number of nitrogens with one attached hydrogen (secondary N) is 1. The van der Waals surface area contributed by atoms with Crippen molar-refractivity contribution in [2.45, 2.75) is 44.8 Å². The predicted octanol–water partition coefficient (Wildman–Crippen LogP) is 2.47. The van der Waals surface area contributed by atoms with Gasteiger partial charge in [-0.05, 0) is 20.3 Å². The van der Waals surface area contributed by atoms with Gasteiger partial charge in [-0.25, -0.2) is 0 Å². The van der Waals surface area contributed by atoms with Crippen molar-refractivity contribution >= 4 is 87.0 Å². The predicted molar refractivity (Wildman–Crippen MR) is 201 cm³/mol. The second kappa shape index (κ2) is 15.9. The summed E-state index contributed by atoms with van der Waals surface area (Å²) in [7, 11) is 0. The van der Waals surface area contributed by atoms with Crippen molar-refractivity contribution in [3.8, 4) is 0 Å². The Morgan fingerprint density at radius 2 is 1.26 bits per heavy atom. The highest BCUT2D eigenvalue weighted by molar-refractivity contribution is 6.30. The van der Waals surface area contributed by atoms with E-state index >= 15 is 0 Å². The van der Waals surface area contributed by atoms with Crippen LogP contribution in [0.25, 0.3) is 0 Å². The first kappa shape index (κ1) is 38.1. The Balaban J connectivity index is 0.000000126. The zero-order valence-corrected chi connectivity index (χ0v) is 32.1. The number of likely N-dealkylation sites (N-methyl/N-ethyl adjacent to an activating group) is 2. The van der Waals surface area contributed by atoms with Crippen molar-refractivity contribution in [3.63, 3.8) is 0 Å². The fourth-order valence-electron chi connectivity index (χ4n) is 7.46. The molecule has 9 rings (SSSR count). The number of aromatic nitrogens is 6. The standard InChI is InChI=1S/C13H17ClN4O2.C11H13ClN4O2.C9H9ClN4O2/c1-3-13-8-20-6-5-18(13)9-7-10(14)15-16-11(9)17(4-2)12(13)19;1-2-15-10-7(5-9(12)13-14-10)16-3-4-18-6-8(16)11(15)17;10-7-3-5-8(13-12-7)11-9(15)6-4-16-2-1-14(5)6/h7H,3-6,8H2,1-2H3;5,8H,2-4,6H2,1H3;3,6H,1-2,4H2,(H,11,13,15). The molecule has 288 valence electrons. The lowest BCUT2D eigenvalue weighted by atomic mass is 9.88. The van der Waals surface area contributed by atoms with Gasteiger partial charge in [0.05, 0.1) is 56.7 Å². The van der Waals surface area contributed by atoms with E-state index in [0.29, 0.717) is 112 Å². The maximum Gasteiger partial charge on any atom is 0.256 e. The third-order valence-electron chi connectivity index (χ3n) is 10.1. The van der Waals surface area contributed by atoms with Crippen molar-refractivity contribution in [2.24, 2.45) is 0 Å². The fraction of sp³-hybridized carbons (Fsp3) is 0.545. The normalized spacial score (nSPS) is 24.0. The number of anilines is 6. The summed E-state index contributed by atoms with van der Waals surface area (Å²) in [6.07, 6.45) is 0.682. The maximum absolute atomic E-state index is 12.9. The molecular weight excluding hydrogens is 767 g/mol. The van der Waals surface area contributed by atoms with Gasteiger partial charge >= 0.3 is 0 Å². The lowest BCUT2D eigenvalue weighted by molar-refractivity contribution is -0.128. The van der Waals surface area contributed by atoms with E-state index in [1.165, 1.54) is 0 Å². The largest absolute Gasteiger partial charge is 0.377 e. The van der Waals surface area contributed by atoms with Crippen LogP contribution in [0.15, 0.2) is 18.2 Å². The molecule has 9 heterocycles. The number of ether oxygens (including phenoxy) is 3. The number of carbonyl (C=O) groups is 3. The third-order valence-corrected chi connectivity index (χ3v) is 10.7. The van der Waals surface area contributed by atoms with Gasteiger partial charge in [0.2, 0.25) is 0 Å². The van der Waals surface area contributed by atoms with E-state index in [1.807, 2.05) is 30.6 Å². The quantitative estimate of drug-likeness (QED) is 0.407. The highest BCUT2D eigenvalue weighted by Crippen LogP contribution is 2.43. The Morgan fingerprint density at radius 3 is 1.91 bits per heavy atom. The molecule has 3 aromatic rings. The summed E-state index contributed by atoms with van der Waals surface area (Å²) in [4.78, 5) is 46.3. The molecule has 18 nitrogen and oxygen atoms in total. The number of hydrogen-bond acceptors (Lipinski definition) is 15. The van der Waals surface area contributed by atoms with Crippen molar-refractivity contribution in [3.05, 3.63) is 33.7 Å².